The van der Waals surface area contributed by atoms with Gasteiger partial charge in [0.1, 0.15) is 5.76 Å². The highest BCUT2D eigenvalue weighted by atomic mass is 16.5. The third-order valence-corrected chi connectivity index (χ3v) is 3.41. The summed E-state index contributed by atoms with van der Waals surface area (Å²) < 4.78 is 15.6. The number of furan rings is 1. The molecule has 8 nitrogen and oxygen atoms in total. The van der Waals surface area contributed by atoms with Crippen LogP contribution in [0.1, 0.15) is 23.0 Å². The van der Waals surface area contributed by atoms with Gasteiger partial charge in [0, 0.05) is 5.56 Å². The third kappa shape index (κ3) is 5.66. The lowest BCUT2D eigenvalue weighted by molar-refractivity contribution is -0.127. The van der Waals surface area contributed by atoms with E-state index in [-0.39, 0.29) is 31.4 Å². The average Bonchev–Trinajstić information content (AvgIpc) is 3.16. The maximum absolute atomic E-state index is 11.8. The van der Waals surface area contributed by atoms with Crippen LogP contribution >= 0.6 is 0 Å². The third-order valence-electron chi connectivity index (χ3n) is 3.41. The van der Waals surface area contributed by atoms with E-state index in [2.05, 4.69) is 10.6 Å². The number of nitrogens with one attached hydrogen (secondary N) is 2. The van der Waals surface area contributed by atoms with Gasteiger partial charge in [-0.1, -0.05) is 0 Å². The van der Waals surface area contributed by atoms with Crippen molar-refractivity contribution in [2.45, 2.75) is 13.5 Å². The number of rotatable bonds is 9. The SMILES string of the molecule is COc1cc(C(C)=O)ccc1OCC(=O)NCC(=O)NCc1ccco1. The molecule has 2 rings (SSSR count). The minimum Gasteiger partial charge on any atom is -0.493 e. The quantitative estimate of drug-likeness (QED) is 0.653. The first-order valence-electron chi connectivity index (χ1n) is 7.87. The van der Waals surface area contributed by atoms with Gasteiger partial charge < -0.3 is 24.5 Å². The Morgan fingerprint density at radius 3 is 2.54 bits per heavy atom. The summed E-state index contributed by atoms with van der Waals surface area (Å²) in [7, 11) is 1.44. The van der Waals surface area contributed by atoms with E-state index in [1.165, 1.54) is 26.4 Å². The second-order valence-electron chi connectivity index (χ2n) is 5.34. The summed E-state index contributed by atoms with van der Waals surface area (Å²) in [5.41, 5.74) is 0.479. The summed E-state index contributed by atoms with van der Waals surface area (Å²) in [6, 6.07) is 8.13. The largest absolute Gasteiger partial charge is 0.493 e. The highest BCUT2D eigenvalue weighted by Crippen LogP contribution is 2.28. The first-order chi connectivity index (χ1) is 12.5. The van der Waals surface area contributed by atoms with Crippen molar-refractivity contribution in [1.29, 1.82) is 0 Å². The van der Waals surface area contributed by atoms with Crippen LogP contribution < -0.4 is 20.1 Å². The number of hydrogen-bond donors (Lipinski definition) is 2. The zero-order chi connectivity index (χ0) is 18.9. The Morgan fingerprint density at radius 2 is 1.88 bits per heavy atom. The molecule has 0 bridgehead atoms. The molecular formula is C18H20N2O6. The summed E-state index contributed by atoms with van der Waals surface area (Å²) in [6.45, 7) is 1.22. The molecule has 138 valence electrons. The lowest BCUT2D eigenvalue weighted by Crippen LogP contribution is -2.38. The van der Waals surface area contributed by atoms with E-state index >= 15 is 0 Å². The predicted molar refractivity (Wildman–Crippen MR) is 92.1 cm³/mol. The number of carbonyl (C=O) groups is 3. The van der Waals surface area contributed by atoms with Crippen LogP contribution in [0, 0.1) is 0 Å². The highest BCUT2D eigenvalue weighted by Gasteiger charge is 2.11. The van der Waals surface area contributed by atoms with Crippen LogP contribution in [0.4, 0.5) is 0 Å². The molecule has 0 atom stereocenters. The lowest BCUT2D eigenvalue weighted by atomic mass is 10.1. The van der Waals surface area contributed by atoms with Crippen molar-refractivity contribution < 1.29 is 28.3 Å². The minimum atomic E-state index is -0.462. The van der Waals surface area contributed by atoms with Crippen molar-refractivity contribution in [2.24, 2.45) is 0 Å². The topological polar surface area (TPSA) is 107 Å². The van der Waals surface area contributed by atoms with E-state index < -0.39 is 5.91 Å². The Bertz CT molecular complexity index is 770. The molecular weight excluding hydrogens is 340 g/mol. The van der Waals surface area contributed by atoms with Crippen LogP contribution in [0.5, 0.6) is 11.5 Å². The van der Waals surface area contributed by atoms with Gasteiger partial charge >= 0.3 is 0 Å². The summed E-state index contributed by atoms with van der Waals surface area (Å²) in [5, 5.41) is 5.06. The molecule has 0 fully saturated rings. The van der Waals surface area contributed by atoms with Gasteiger partial charge in [0.2, 0.25) is 5.91 Å². The Kier molecular flexibility index (Phi) is 6.78. The molecule has 1 heterocycles. The van der Waals surface area contributed by atoms with E-state index in [1.807, 2.05) is 0 Å². The van der Waals surface area contributed by atoms with E-state index in [1.54, 1.807) is 24.3 Å². The fraction of sp³-hybridized carbons (Fsp3) is 0.278. The molecule has 1 aromatic carbocycles. The first-order valence-corrected chi connectivity index (χ1v) is 7.87. The average molecular weight is 360 g/mol. The number of Topliss-reactive ketones (excluding diaryl/α,β-unsaturated/α-hetero) is 1. The highest BCUT2D eigenvalue weighted by molar-refractivity contribution is 5.94. The fourth-order valence-corrected chi connectivity index (χ4v) is 2.04. The van der Waals surface area contributed by atoms with Gasteiger partial charge in [-0.25, -0.2) is 0 Å². The molecule has 1 aromatic heterocycles. The van der Waals surface area contributed by atoms with Crippen LogP contribution in [0.3, 0.4) is 0 Å². The van der Waals surface area contributed by atoms with E-state index in [0.717, 1.165) is 0 Å². The Labute approximate surface area is 150 Å². The van der Waals surface area contributed by atoms with Crippen LogP contribution in [-0.2, 0) is 16.1 Å². The fourth-order valence-electron chi connectivity index (χ4n) is 2.04. The molecule has 2 aromatic rings. The van der Waals surface area contributed by atoms with Crippen LogP contribution in [-0.4, -0.2) is 37.9 Å². The standard InChI is InChI=1S/C18H20N2O6/c1-12(21)13-5-6-15(16(8-13)24-2)26-11-18(23)20-10-17(22)19-9-14-4-3-7-25-14/h3-8H,9-11H2,1-2H3,(H,19,22)(H,20,23). The van der Waals surface area contributed by atoms with Gasteiger partial charge in [-0.15, -0.1) is 0 Å². The molecule has 0 saturated carbocycles. The van der Waals surface area contributed by atoms with Crippen molar-refractivity contribution in [3.05, 3.63) is 47.9 Å². The predicted octanol–water partition coefficient (Wildman–Crippen LogP) is 1.30. The molecule has 0 spiro atoms. The number of ketones is 1. The second kappa shape index (κ2) is 9.26. The molecule has 0 saturated heterocycles. The maximum atomic E-state index is 11.8. The molecule has 8 heteroatoms. The molecule has 0 aliphatic heterocycles. The van der Waals surface area contributed by atoms with Crippen LogP contribution in [0.25, 0.3) is 0 Å². The Morgan fingerprint density at radius 1 is 1.08 bits per heavy atom. The summed E-state index contributed by atoms with van der Waals surface area (Å²) in [4.78, 5) is 34.8. The van der Waals surface area contributed by atoms with E-state index in [0.29, 0.717) is 22.8 Å². The van der Waals surface area contributed by atoms with Gasteiger partial charge in [-0.3, -0.25) is 14.4 Å². The maximum Gasteiger partial charge on any atom is 0.258 e. The summed E-state index contributed by atoms with van der Waals surface area (Å²) in [6.07, 6.45) is 1.51. The molecule has 0 radical (unpaired) electrons. The summed E-state index contributed by atoms with van der Waals surface area (Å²) >= 11 is 0. The number of methoxy groups -OCH3 is 1. The number of ether oxygens (including phenoxy) is 2. The van der Waals surface area contributed by atoms with Gasteiger partial charge in [-0.05, 0) is 37.3 Å². The molecule has 2 amide bonds. The number of carbonyl (C=O) groups excluding carboxylic acids is 3. The Hall–Kier alpha value is -3.29. The second-order valence-corrected chi connectivity index (χ2v) is 5.34. The zero-order valence-electron chi connectivity index (χ0n) is 14.5. The molecule has 26 heavy (non-hydrogen) atoms. The van der Waals surface area contributed by atoms with Crippen molar-refractivity contribution in [3.8, 4) is 11.5 Å². The zero-order valence-corrected chi connectivity index (χ0v) is 14.5. The monoisotopic (exact) mass is 360 g/mol. The van der Waals surface area contributed by atoms with Crippen molar-refractivity contribution >= 4 is 17.6 Å². The molecule has 0 unspecified atom stereocenters. The van der Waals surface area contributed by atoms with Crippen LogP contribution in [0.15, 0.2) is 41.0 Å². The first kappa shape index (κ1) is 19.0. The molecule has 0 aliphatic carbocycles. The van der Waals surface area contributed by atoms with E-state index in [9.17, 15) is 14.4 Å². The summed E-state index contributed by atoms with van der Waals surface area (Å²) in [5.74, 6) is 0.382. The smallest absolute Gasteiger partial charge is 0.258 e. The van der Waals surface area contributed by atoms with Gasteiger partial charge in [0.25, 0.3) is 5.91 Å². The van der Waals surface area contributed by atoms with Gasteiger partial charge in [-0.2, -0.15) is 0 Å². The van der Waals surface area contributed by atoms with Crippen molar-refractivity contribution in [1.82, 2.24) is 10.6 Å². The lowest BCUT2D eigenvalue weighted by Gasteiger charge is -2.11. The molecule has 2 N–H and O–H groups in total. The number of amides is 2. The number of hydrogen-bond acceptors (Lipinski definition) is 6. The van der Waals surface area contributed by atoms with Gasteiger partial charge in [0.05, 0.1) is 26.5 Å². The normalized spacial score (nSPS) is 10.1. The number of benzene rings is 1. The van der Waals surface area contributed by atoms with Crippen molar-refractivity contribution in [2.75, 3.05) is 20.3 Å². The Balaban J connectivity index is 1.76. The minimum absolute atomic E-state index is 0.104. The van der Waals surface area contributed by atoms with Crippen LogP contribution in [0.2, 0.25) is 0 Å². The van der Waals surface area contributed by atoms with Gasteiger partial charge in [0.15, 0.2) is 23.9 Å². The molecule has 0 aliphatic rings. The van der Waals surface area contributed by atoms with Crippen molar-refractivity contribution in [3.63, 3.8) is 0 Å². The van der Waals surface area contributed by atoms with E-state index in [4.69, 9.17) is 13.9 Å².